The van der Waals surface area contributed by atoms with Crippen LogP contribution >= 0.6 is 24.0 Å². The summed E-state index contributed by atoms with van der Waals surface area (Å²) in [6, 6.07) is 21.3. The van der Waals surface area contributed by atoms with Crippen LogP contribution in [0.2, 0.25) is 0 Å². The molecule has 3 aromatic rings. The highest BCUT2D eigenvalue weighted by Crippen LogP contribution is 2.26. The van der Waals surface area contributed by atoms with Crippen molar-refractivity contribution in [2.75, 3.05) is 20.1 Å². The van der Waals surface area contributed by atoms with Gasteiger partial charge in [0.25, 0.3) is 0 Å². The lowest BCUT2D eigenvalue weighted by molar-refractivity contribution is 0.485. The Bertz CT molecular complexity index is 908. The minimum Gasteiger partial charge on any atom is -0.352 e. The summed E-state index contributed by atoms with van der Waals surface area (Å²) in [7, 11) is 1.87. The van der Waals surface area contributed by atoms with Crippen LogP contribution in [0.25, 0.3) is 0 Å². The zero-order chi connectivity index (χ0) is 19.2. The summed E-state index contributed by atoms with van der Waals surface area (Å²) in [5.41, 5.74) is 3.97. The molecule has 1 unspecified atom stereocenters. The summed E-state index contributed by atoms with van der Waals surface area (Å²) in [4.78, 5) is 6.90. The van der Waals surface area contributed by atoms with Crippen molar-refractivity contribution in [2.24, 2.45) is 4.99 Å². The molecule has 0 amide bonds. The van der Waals surface area contributed by atoms with Gasteiger partial charge in [-0.05, 0) is 29.2 Å². The molecule has 1 aliphatic rings. The molecule has 152 valence electrons. The number of aliphatic imine (C=N–C) groups is 1. The van der Waals surface area contributed by atoms with E-state index in [9.17, 15) is 0 Å². The third kappa shape index (κ3) is 5.38. The van der Waals surface area contributed by atoms with Gasteiger partial charge >= 0.3 is 0 Å². The predicted molar refractivity (Wildman–Crippen MR) is 129 cm³/mol. The lowest BCUT2D eigenvalue weighted by Crippen LogP contribution is -2.39. The predicted octanol–water partition coefficient (Wildman–Crippen LogP) is 4.11. The van der Waals surface area contributed by atoms with E-state index in [1.807, 2.05) is 30.2 Å². The molecule has 0 saturated carbocycles. The van der Waals surface area contributed by atoms with Gasteiger partial charge in [0.2, 0.25) is 0 Å². The van der Waals surface area contributed by atoms with Gasteiger partial charge in [0.1, 0.15) is 0 Å². The molecule has 1 aromatic heterocycles. The molecule has 5 nitrogen and oxygen atoms in total. The average Bonchev–Trinajstić information content (AvgIpc) is 3.43. The number of guanidine groups is 1. The molecule has 0 bridgehead atoms. The molecule has 1 atom stereocenters. The normalized spacial score (nSPS) is 16.5. The third-order valence-corrected chi connectivity index (χ3v) is 5.42. The van der Waals surface area contributed by atoms with E-state index in [4.69, 9.17) is 0 Å². The minimum absolute atomic E-state index is 0. The van der Waals surface area contributed by atoms with E-state index in [0.717, 1.165) is 32.1 Å². The highest BCUT2D eigenvalue weighted by atomic mass is 127. The maximum Gasteiger partial charge on any atom is 0.193 e. The van der Waals surface area contributed by atoms with Crippen LogP contribution in [0, 0.1) is 0 Å². The number of likely N-dealkylation sites (tertiary alicyclic amines) is 1. The van der Waals surface area contributed by atoms with Crippen molar-refractivity contribution in [2.45, 2.75) is 25.4 Å². The van der Waals surface area contributed by atoms with Gasteiger partial charge in [-0.25, -0.2) is 0 Å². The van der Waals surface area contributed by atoms with E-state index in [1.54, 1.807) is 0 Å². The maximum absolute atomic E-state index is 4.53. The fourth-order valence-electron chi connectivity index (χ4n) is 3.91. The van der Waals surface area contributed by atoms with E-state index in [-0.39, 0.29) is 24.0 Å². The fourth-order valence-corrected chi connectivity index (χ4v) is 3.91. The molecular weight excluding hydrogens is 473 g/mol. The molecule has 1 aliphatic heterocycles. The molecule has 1 N–H and O–H groups in total. The summed E-state index contributed by atoms with van der Waals surface area (Å²) in [5, 5.41) is 7.89. The Morgan fingerprint density at radius 2 is 1.83 bits per heavy atom. The highest BCUT2D eigenvalue weighted by molar-refractivity contribution is 14.0. The van der Waals surface area contributed by atoms with Gasteiger partial charge in [-0.15, -0.1) is 24.0 Å². The summed E-state index contributed by atoms with van der Waals surface area (Å²) in [5.74, 6) is 1.55. The first-order valence-corrected chi connectivity index (χ1v) is 9.88. The second-order valence-electron chi connectivity index (χ2n) is 7.22. The van der Waals surface area contributed by atoms with Crippen molar-refractivity contribution in [3.63, 3.8) is 0 Å². The Morgan fingerprint density at radius 1 is 1.07 bits per heavy atom. The fraction of sp³-hybridized carbons (Fsp3) is 0.304. The van der Waals surface area contributed by atoms with Gasteiger partial charge in [-0.3, -0.25) is 9.67 Å². The van der Waals surface area contributed by atoms with Crippen LogP contribution < -0.4 is 5.32 Å². The van der Waals surface area contributed by atoms with Crippen molar-refractivity contribution < 1.29 is 0 Å². The molecule has 29 heavy (non-hydrogen) atoms. The van der Waals surface area contributed by atoms with Gasteiger partial charge in [0, 0.05) is 45.0 Å². The van der Waals surface area contributed by atoms with Crippen LogP contribution in [0.4, 0.5) is 0 Å². The summed E-state index contributed by atoms with van der Waals surface area (Å²) in [6.07, 6.45) is 4.98. The third-order valence-electron chi connectivity index (χ3n) is 5.42. The Labute approximate surface area is 189 Å². The SMILES string of the molecule is CN=C(NCc1ccccc1Cn1cccn1)N1CCC(c2ccccc2)C1.I. The number of hydrogen-bond acceptors (Lipinski definition) is 2. The maximum atomic E-state index is 4.53. The van der Waals surface area contributed by atoms with Crippen molar-refractivity contribution in [1.29, 1.82) is 0 Å². The monoisotopic (exact) mass is 501 g/mol. The molecule has 0 spiro atoms. The molecular formula is C23H28IN5. The number of nitrogens with zero attached hydrogens (tertiary/aromatic N) is 4. The first kappa shape index (κ1) is 21.4. The van der Waals surface area contributed by atoms with Crippen molar-refractivity contribution >= 4 is 29.9 Å². The zero-order valence-corrected chi connectivity index (χ0v) is 19.1. The second kappa shape index (κ2) is 10.4. The van der Waals surface area contributed by atoms with Crippen molar-refractivity contribution in [3.05, 3.63) is 89.7 Å². The van der Waals surface area contributed by atoms with Crippen LogP contribution in [0.15, 0.2) is 78.0 Å². The Balaban J connectivity index is 0.00000240. The van der Waals surface area contributed by atoms with E-state index >= 15 is 0 Å². The van der Waals surface area contributed by atoms with Gasteiger partial charge in [0.05, 0.1) is 6.54 Å². The number of halogens is 1. The molecule has 1 fully saturated rings. The average molecular weight is 501 g/mol. The van der Waals surface area contributed by atoms with Crippen molar-refractivity contribution in [1.82, 2.24) is 20.0 Å². The molecule has 2 aromatic carbocycles. The van der Waals surface area contributed by atoms with Crippen LogP contribution in [-0.4, -0.2) is 40.8 Å². The summed E-state index contributed by atoms with van der Waals surface area (Å²) >= 11 is 0. The Hall–Kier alpha value is -2.35. The van der Waals surface area contributed by atoms with Gasteiger partial charge in [0.15, 0.2) is 5.96 Å². The van der Waals surface area contributed by atoms with Gasteiger partial charge in [-0.2, -0.15) is 5.10 Å². The lowest BCUT2D eigenvalue weighted by atomic mass is 9.99. The first-order valence-electron chi connectivity index (χ1n) is 9.88. The molecule has 0 radical (unpaired) electrons. The Morgan fingerprint density at radius 3 is 2.55 bits per heavy atom. The lowest BCUT2D eigenvalue weighted by Gasteiger charge is -2.22. The number of aromatic nitrogens is 2. The van der Waals surface area contributed by atoms with E-state index in [0.29, 0.717) is 5.92 Å². The highest BCUT2D eigenvalue weighted by Gasteiger charge is 2.25. The van der Waals surface area contributed by atoms with Crippen LogP contribution in [-0.2, 0) is 13.1 Å². The number of rotatable bonds is 5. The first-order chi connectivity index (χ1) is 13.8. The summed E-state index contributed by atoms with van der Waals surface area (Å²) < 4.78 is 1.96. The molecule has 0 aliphatic carbocycles. The summed E-state index contributed by atoms with van der Waals surface area (Å²) in [6.45, 7) is 3.59. The van der Waals surface area contributed by atoms with E-state index in [2.05, 4.69) is 74.9 Å². The smallest absolute Gasteiger partial charge is 0.193 e. The Kier molecular flexibility index (Phi) is 7.69. The standard InChI is InChI=1S/C23H27N5.HI/c1-24-23(27-15-12-22(17-27)19-8-3-2-4-9-19)25-16-20-10-5-6-11-21(20)18-28-14-7-13-26-28;/h2-11,13-14,22H,12,15-18H2,1H3,(H,24,25);1H. The van der Waals surface area contributed by atoms with E-state index in [1.165, 1.54) is 23.1 Å². The van der Waals surface area contributed by atoms with Crippen molar-refractivity contribution in [3.8, 4) is 0 Å². The van der Waals surface area contributed by atoms with Gasteiger partial charge in [-0.1, -0.05) is 54.6 Å². The topological polar surface area (TPSA) is 45.5 Å². The van der Waals surface area contributed by atoms with Crippen LogP contribution in [0.1, 0.15) is 29.0 Å². The molecule has 6 heteroatoms. The largest absolute Gasteiger partial charge is 0.352 e. The quantitative estimate of drug-likeness (QED) is 0.325. The molecule has 1 saturated heterocycles. The number of hydrogen-bond donors (Lipinski definition) is 1. The van der Waals surface area contributed by atoms with Gasteiger partial charge < -0.3 is 10.2 Å². The molecule has 4 rings (SSSR count). The van der Waals surface area contributed by atoms with Crippen LogP contribution in [0.5, 0.6) is 0 Å². The zero-order valence-electron chi connectivity index (χ0n) is 16.7. The molecule has 2 heterocycles. The number of nitrogens with one attached hydrogen (secondary N) is 1. The second-order valence-corrected chi connectivity index (χ2v) is 7.22. The number of benzene rings is 2. The van der Waals surface area contributed by atoms with Crippen LogP contribution in [0.3, 0.4) is 0 Å². The van der Waals surface area contributed by atoms with E-state index < -0.39 is 0 Å². The minimum atomic E-state index is 0.